The van der Waals surface area contributed by atoms with Gasteiger partial charge in [-0.1, -0.05) is 42.5 Å². The van der Waals surface area contributed by atoms with Gasteiger partial charge < -0.3 is 9.97 Å². The van der Waals surface area contributed by atoms with E-state index in [-0.39, 0.29) is 21.8 Å². The summed E-state index contributed by atoms with van der Waals surface area (Å²) >= 11 is 0. The maximum atomic E-state index is 11.9. The summed E-state index contributed by atoms with van der Waals surface area (Å²) in [7, 11) is 0. The van der Waals surface area contributed by atoms with E-state index in [0.717, 1.165) is 5.56 Å². The molecule has 0 saturated heterocycles. The van der Waals surface area contributed by atoms with Crippen LogP contribution in [0.3, 0.4) is 0 Å². The molecule has 0 radical (unpaired) electrons. The lowest BCUT2D eigenvalue weighted by Crippen LogP contribution is -2.46. The molecule has 0 aliphatic rings. The number of hydrogen-bond acceptors (Lipinski definition) is 2. The lowest BCUT2D eigenvalue weighted by Gasteiger charge is -1.92. The van der Waals surface area contributed by atoms with Gasteiger partial charge in [-0.05, 0) is 24.6 Å². The molecule has 0 saturated carbocycles. The Labute approximate surface area is 109 Å². The first-order valence-electron chi connectivity index (χ1n) is 5.93. The molecular formula is C15H14N2O2. The fourth-order valence-corrected chi connectivity index (χ4v) is 1.62. The predicted molar refractivity (Wildman–Crippen MR) is 76.2 cm³/mol. The third-order valence-corrected chi connectivity index (χ3v) is 2.55. The van der Waals surface area contributed by atoms with Crippen LogP contribution in [0.15, 0.2) is 52.1 Å². The van der Waals surface area contributed by atoms with Crippen molar-refractivity contribution in [2.24, 2.45) is 0 Å². The van der Waals surface area contributed by atoms with Crippen molar-refractivity contribution in [3.8, 4) is 0 Å². The summed E-state index contributed by atoms with van der Waals surface area (Å²) in [6.07, 6.45) is 6.68. The van der Waals surface area contributed by atoms with Gasteiger partial charge in [0.25, 0.3) is 11.1 Å². The smallest absolute Gasteiger partial charge is 0.272 e. The van der Waals surface area contributed by atoms with Crippen LogP contribution >= 0.6 is 0 Å². The van der Waals surface area contributed by atoms with E-state index in [1.54, 1.807) is 24.3 Å². The van der Waals surface area contributed by atoms with Gasteiger partial charge in [0.2, 0.25) is 0 Å². The Morgan fingerprint density at radius 1 is 0.947 bits per heavy atom. The van der Waals surface area contributed by atoms with Crippen LogP contribution in [0, 0.1) is 0 Å². The standard InChI is InChI=1S/C15H14N2O2/c1-2-3-9-12-14(18)17-13(15(19)16-12)10-11-7-5-4-6-8-11/h2-10H,1H3,(H,16,19)(H,17,18)/b3-2+,12-9-,13-10-. The van der Waals surface area contributed by atoms with Gasteiger partial charge in [-0.2, -0.15) is 0 Å². The second-order valence-corrected chi connectivity index (χ2v) is 3.98. The molecule has 4 nitrogen and oxygen atoms in total. The summed E-state index contributed by atoms with van der Waals surface area (Å²) < 4.78 is 0. The third-order valence-electron chi connectivity index (χ3n) is 2.55. The predicted octanol–water partition coefficient (Wildman–Crippen LogP) is 0.249. The van der Waals surface area contributed by atoms with Gasteiger partial charge in [-0.25, -0.2) is 0 Å². The van der Waals surface area contributed by atoms with Crippen molar-refractivity contribution < 1.29 is 0 Å². The van der Waals surface area contributed by atoms with Gasteiger partial charge in [0, 0.05) is 0 Å². The molecule has 2 N–H and O–H groups in total. The normalized spacial score (nSPS) is 13.3. The second kappa shape index (κ2) is 5.82. The van der Waals surface area contributed by atoms with Crippen LogP contribution in [0.25, 0.3) is 12.2 Å². The van der Waals surface area contributed by atoms with E-state index < -0.39 is 0 Å². The van der Waals surface area contributed by atoms with E-state index in [1.807, 2.05) is 37.3 Å². The molecule has 1 heterocycles. The third kappa shape index (κ3) is 3.19. The molecule has 2 rings (SSSR count). The Kier molecular flexibility index (Phi) is 3.93. The largest absolute Gasteiger partial charge is 0.316 e. The highest BCUT2D eigenvalue weighted by Crippen LogP contribution is 1.96. The highest BCUT2D eigenvalue weighted by atomic mass is 16.1. The van der Waals surface area contributed by atoms with E-state index >= 15 is 0 Å². The summed E-state index contributed by atoms with van der Waals surface area (Å²) in [5.41, 5.74) is 0.216. The molecule has 19 heavy (non-hydrogen) atoms. The van der Waals surface area contributed by atoms with Crippen LogP contribution in [-0.4, -0.2) is 9.97 Å². The molecule has 4 heteroatoms. The van der Waals surface area contributed by atoms with Gasteiger partial charge in [0.15, 0.2) is 0 Å². The van der Waals surface area contributed by atoms with Crippen LogP contribution < -0.4 is 21.8 Å². The van der Waals surface area contributed by atoms with Crippen molar-refractivity contribution >= 4 is 12.2 Å². The minimum absolute atomic E-state index is 0.244. The highest BCUT2D eigenvalue weighted by Gasteiger charge is 1.94. The monoisotopic (exact) mass is 254 g/mol. The second-order valence-electron chi connectivity index (χ2n) is 3.98. The van der Waals surface area contributed by atoms with Crippen LogP contribution in [0.2, 0.25) is 0 Å². The molecule has 2 aromatic rings. The highest BCUT2D eigenvalue weighted by molar-refractivity contribution is 5.47. The van der Waals surface area contributed by atoms with Gasteiger partial charge >= 0.3 is 0 Å². The number of H-pyrrole nitrogens is 2. The molecule has 96 valence electrons. The van der Waals surface area contributed by atoms with Crippen molar-refractivity contribution in [3.05, 3.63) is 79.5 Å². The molecule has 0 unspecified atom stereocenters. The van der Waals surface area contributed by atoms with Crippen LogP contribution in [0.5, 0.6) is 0 Å². The summed E-state index contributed by atoms with van der Waals surface area (Å²) in [5.74, 6) is 0. The first-order valence-corrected chi connectivity index (χ1v) is 5.93. The average Bonchev–Trinajstić information content (AvgIpc) is 2.42. The van der Waals surface area contributed by atoms with Crippen molar-refractivity contribution in [3.63, 3.8) is 0 Å². The van der Waals surface area contributed by atoms with Gasteiger partial charge in [-0.3, -0.25) is 9.59 Å². The number of allylic oxidation sites excluding steroid dienone is 2. The summed E-state index contributed by atoms with van der Waals surface area (Å²) in [6.45, 7) is 1.83. The maximum absolute atomic E-state index is 11.9. The first-order chi connectivity index (χ1) is 9.20. The lowest BCUT2D eigenvalue weighted by molar-refractivity contribution is 1.00. The molecule has 0 fully saturated rings. The van der Waals surface area contributed by atoms with Crippen LogP contribution in [-0.2, 0) is 0 Å². The maximum Gasteiger partial charge on any atom is 0.272 e. The molecule has 0 amide bonds. The average molecular weight is 254 g/mol. The van der Waals surface area contributed by atoms with Gasteiger partial charge in [-0.15, -0.1) is 0 Å². The molecule has 0 atom stereocenters. The fourth-order valence-electron chi connectivity index (χ4n) is 1.62. The molecule has 1 aromatic carbocycles. The molecule has 0 aliphatic carbocycles. The number of nitrogens with one attached hydrogen (secondary N) is 2. The quantitative estimate of drug-likeness (QED) is 0.806. The van der Waals surface area contributed by atoms with Crippen molar-refractivity contribution in [1.29, 1.82) is 0 Å². The first kappa shape index (κ1) is 12.8. The molecular weight excluding hydrogens is 240 g/mol. The molecule has 0 aliphatic heterocycles. The van der Waals surface area contributed by atoms with E-state index in [0.29, 0.717) is 0 Å². The van der Waals surface area contributed by atoms with Crippen molar-refractivity contribution in [2.45, 2.75) is 6.92 Å². The Balaban J connectivity index is 2.63. The van der Waals surface area contributed by atoms with Crippen molar-refractivity contribution in [2.75, 3.05) is 0 Å². The molecule has 1 aromatic heterocycles. The summed E-state index contributed by atoms with van der Waals surface area (Å²) in [4.78, 5) is 28.8. The van der Waals surface area contributed by atoms with E-state index in [1.165, 1.54) is 0 Å². The zero-order chi connectivity index (χ0) is 13.7. The van der Waals surface area contributed by atoms with Crippen molar-refractivity contribution in [1.82, 2.24) is 9.97 Å². The van der Waals surface area contributed by atoms with E-state index in [4.69, 9.17) is 0 Å². The minimum Gasteiger partial charge on any atom is -0.316 e. The number of aromatic nitrogens is 2. The lowest BCUT2D eigenvalue weighted by atomic mass is 10.2. The Hall–Kier alpha value is -2.62. The van der Waals surface area contributed by atoms with E-state index in [2.05, 4.69) is 9.97 Å². The SMILES string of the molecule is C/C=C/C=c1\[nH]c(=O)/c(=C/c2ccccc2)[nH]c1=O. The molecule has 0 spiro atoms. The Morgan fingerprint density at radius 2 is 1.58 bits per heavy atom. The topological polar surface area (TPSA) is 65.7 Å². The van der Waals surface area contributed by atoms with Gasteiger partial charge in [0.05, 0.1) is 0 Å². The number of aromatic amines is 2. The Bertz CT molecular complexity index is 812. The van der Waals surface area contributed by atoms with Gasteiger partial charge in [0.1, 0.15) is 10.7 Å². The zero-order valence-corrected chi connectivity index (χ0v) is 10.5. The Morgan fingerprint density at radius 3 is 2.26 bits per heavy atom. The van der Waals surface area contributed by atoms with Crippen LogP contribution in [0.1, 0.15) is 12.5 Å². The van der Waals surface area contributed by atoms with E-state index in [9.17, 15) is 9.59 Å². The fraction of sp³-hybridized carbons (Fsp3) is 0.0667. The zero-order valence-electron chi connectivity index (χ0n) is 10.5. The number of benzene rings is 1. The summed E-state index contributed by atoms with van der Waals surface area (Å²) in [6, 6.07) is 9.34. The molecule has 0 bridgehead atoms. The number of rotatable bonds is 2. The summed E-state index contributed by atoms with van der Waals surface area (Å²) in [5, 5.41) is 0.488. The van der Waals surface area contributed by atoms with Crippen LogP contribution in [0.4, 0.5) is 0 Å². The number of hydrogen-bond donors (Lipinski definition) is 2. The minimum atomic E-state index is -0.320.